The highest BCUT2D eigenvalue weighted by Crippen LogP contribution is 2.31. The number of ether oxygens (including phenoxy) is 1. The fourth-order valence-electron chi connectivity index (χ4n) is 3.31. The van der Waals surface area contributed by atoms with E-state index in [0.29, 0.717) is 31.0 Å². The summed E-state index contributed by atoms with van der Waals surface area (Å²) in [6.07, 6.45) is 0. The molecule has 0 bridgehead atoms. The van der Waals surface area contributed by atoms with Crippen LogP contribution in [-0.2, 0) is 4.79 Å². The van der Waals surface area contributed by atoms with Crippen molar-refractivity contribution in [3.05, 3.63) is 59.7 Å². The summed E-state index contributed by atoms with van der Waals surface area (Å²) >= 11 is 0. The van der Waals surface area contributed by atoms with E-state index in [-0.39, 0.29) is 11.8 Å². The summed E-state index contributed by atoms with van der Waals surface area (Å²) in [6, 6.07) is 14.5. The van der Waals surface area contributed by atoms with Crippen molar-refractivity contribution in [1.29, 1.82) is 0 Å². The second kappa shape index (κ2) is 7.60. The van der Waals surface area contributed by atoms with Gasteiger partial charge in [-0.15, -0.1) is 0 Å². The van der Waals surface area contributed by atoms with Gasteiger partial charge in [-0.05, 0) is 44.5 Å². The summed E-state index contributed by atoms with van der Waals surface area (Å²) in [6.45, 7) is 7.08. The second-order valence-corrected chi connectivity index (χ2v) is 6.38. The summed E-state index contributed by atoms with van der Waals surface area (Å²) in [7, 11) is 0. The quantitative estimate of drug-likeness (QED) is 0.848. The molecule has 1 saturated heterocycles. The van der Waals surface area contributed by atoms with E-state index in [0.717, 1.165) is 11.3 Å². The lowest BCUT2D eigenvalue weighted by atomic mass is 10.0. The van der Waals surface area contributed by atoms with Crippen molar-refractivity contribution < 1.29 is 14.3 Å². The molecule has 1 heterocycles. The summed E-state index contributed by atoms with van der Waals surface area (Å²) in [5, 5.41) is 0. The third-order valence-electron chi connectivity index (χ3n) is 4.75. The summed E-state index contributed by atoms with van der Waals surface area (Å²) in [5.41, 5.74) is 2.32. The largest absolute Gasteiger partial charge is 0.492 e. The van der Waals surface area contributed by atoms with Crippen LogP contribution in [0.4, 0.5) is 5.69 Å². The topological polar surface area (TPSA) is 49.9 Å². The average Bonchev–Trinajstić information content (AvgIpc) is 2.65. The zero-order chi connectivity index (χ0) is 18.7. The second-order valence-electron chi connectivity index (χ2n) is 6.38. The number of hydrogen-bond donors (Lipinski definition) is 0. The van der Waals surface area contributed by atoms with Crippen LogP contribution in [0.1, 0.15) is 29.8 Å². The number of nitrogens with zero attached hydrogens (tertiary/aromatic N) is 2. The van der Waals surface area contributed by atoms with Crippen LogP contribution in [-0.4, -0.2) is 42.5 Å². The molecule has 0 aliphatic carbocycles. The molecular weight excluding hydrogens is 328 g/mol. The Hall–Kier alpha value is -2.82. The van der Waals surface area contributed by atoms with Crippen molar-refractivity contribution in [1.82, 2.24) is 4.90 Å². The Morgan fingerprint density at radius 2 is 1.81 bits per heavy atom. The molecule has 1 aliphatic heterocycles. The smallest absolute Gasteiger partial charge is 0.254 e. The van der Waals surface area contributed by atoms with Gasteiger partial charge in [-0.1, -0.05) is 30.3 Å². The molecule has 0 radical (unpaired) electrons. The van der Waals surface area contributed by atoms with Gasteiger partial charge in [-0.3, -0.25) is 9.59 Å². The normalized spacial score (nSPS) is 17.3. The van der Waals surface area contributed by atoms with Gasteiger partial charge in [0.05, 0.1) is 12.3 Å². The van der Waals surface area contributed by atoms with E-state index in [9.17, 15) is 9.59 Å². The number of aryl methyl sites for hydroxylation is 1. The van der Waals surface area contributed by atoms with Gasteiger partial charge in [0, 0.05) is 18.7 Å². The Morgan fingerprint density at radius 1 is 1.12 bits per heavy atom. The van der Waals surface area contributed by atoms with Crippen molar-refractivity contribution in [2.45, 2.75) is 26.8 Å². The van der Waals surface area contributed by atoms with Crippen molar-refractivity contribution in [3.8, 4) is 5.75 Å². The van der Waals surface area contributed by atoms with E-state index in [1.807, 2.05) is 62.4 Å². The monoisotopic (exact) mass is 352 g/mol. The highest BCUT2D eigenvalue weighted by Gasteiger charge is 2.36. The number of piperazine rings is 1. The van der Waals surface area contributed by atoms with E-state index in [2.05, 4.69) is 0 Å². The van der Waals surface area contributed by atoms with E-state index in [1.54, 1.807) is 16.7 Å². The first-order valence-electron chi connectivity index (χ1n) is 8.94. The number of rotatable bonds is 4. The first kappa shape index (κ1) is 18.0. The van der Waals surface area contributed by atoms with E-state index in [4.69, 9.17) is 4.74 Å². The van der Waals surface area contributed by atoms with Gasteiger partial charge in [-0.25, -0.2) is 0 Å². The minimum Gasteiger partial charge on any atom is -0.492 e. The van der Waals surface area contributed by atoms with Crippen LogP contribution in [0, 0.1) is 6.92 Å². The van der Waals surface area contributed by atoms with Crippen molar-refractivity contribution in [2.75, 3.05) is 24.6 Å². The molecule has 0 spiro atoms. The first-order chi connectivity index (χ1) is 12.5. The molecule has 5 heteroatoms. The van der Waals surface area contributed by atoms with Gasteiger partial charge in [0.15, 0.2) is 0 Å². The molecule has 0 N–H and O–H groups in total. The Morgan fingerprint density at radius 3 is 2.54 bits per heavy atom. The summed E-state index contributed by atoms with van der Waals surface area (Å²) in [4.78, 5) is 29.3. The standard InChI is InChI=1S/C21H24N2O3/c1-4-26-19-12-8-7-11-18(19)23-14-13-22(16(3)20(23)24)21(25)17-10-6-5-9-15(17)2/h5-12,16H,4,13-14H2,1-3H3/t16-/m0/s1. The molecule has 0 unspecified atom stereocenters. The first-order valence-corrected chi connectivity index (χ1v) is 8.94. The van der Waals surface area contributed by atoms with Crippen molar-refractivity contribution >= 4 is 17.5 Å². The number of hydrogen-bond acceptors (Lipinski definition) is 3. The summed E-state index contributed by atoms with van der Waals surface area (Å²) < 4.78 is 5.66. The molecular formula is C21H24N2O3. The molecule has 1 atom stereocenters. The molecule has 2 aromatic rings. The number of carbonyl (C=O) groups excluding carboxylic acids is 2. The number of para-hydroxylation sites is 2. The Labute approximate surface area is 154 Å². The highest BCUT2D eigenvalue weighted by molar-refractivity contribution is 6.04. The summed E-state index contributed by atoms with van der Waals surface area (Å²) in [5.74, 6) is 0.501. The maximum atomic E-state index is 13.0. The van der Waals surface area contributed by atoms with Crippen LogP contribution < -0.4 is 9.64 Å². The van der Waals surface area contributed by atoms with Crippen molar-refractivity contribution in [2.24, 2.45) is 0 Å². The fraction of sp³-hybridized carbons (Fsp3) is 0.333. The van der Waals surface area contributed by atoms with Gasteiger partial charge in [0.1, 0.15) is 11.8 Å². The van der Waals surface area contributed by atoms with Crippen LogP contribution in [0.3, 0.4) is 0 Å². The minimum atomic E-state index is -0.523. The van der Waals surface area contributed by atoms with E-state index >= 15 is 0 Å². The average molecular weight is 352 g/mol. The zero-order valence-corrected chi connectivity index (χ0v) is 15.4. The third kappa shape index (κ3) is 3.29. The molecule has 136 valence electrons. The van der Waals surface area contributed by atoms with Crippen LogP contribution >= 0.6 is 0 Å². The number of anilines is 1. The number of carbonyl (C=O) groups is 2. The molecule has 0 saturated carbocycles. The zero-order valence-electron chi connectivity index (χ0n) is 15.4. The molecule has 0 aromatic heterocycles. The number of amides is 2. The van der Waals surface area contributed by atoms with Gasteiger partial charge >= 0.3 is 0 Å². The van der Waals surface area contributed by atoms with Crippen LogP contribution in [0.2, 0.25) is 0 Å². The van der Waals surface area contributed by atoms with Gasteiger partial charge in [0.25, 0.3) is 5.91 Å². The lowest BCUT2D eigenvalue weighted by Gasteiger charge is -2.39. The van der Waals surface area contributed by atoms with E-state index < -0.39 is 6.04 Å². The Balaban J connectivity index is 1.84. The van der Waals surface area contributed by atoms with Gasteiger partial charge in [0.2, 0.25) is 5.91 Å². The van der Waals surface area contributed by atoms with Crippen LogP contribution in [0.15, 0.2) is 48.5 Å². The molecule has 2 amide bonds. The SMILES string of the molecule is CCOc1ccccc1N1CCN(C(=O)c2ccccc2C)[C@@H](C)C1=O. The highest BCUT2D eigenvalue weighted by atomic mass is 16.5. The van der Waals surface area contributed by atoms with Crippen LogP contribution in [0.5, 0.6) is 5.75 Å². The molecule has 3 rings (SSSR count). The lowest BCUT2D eigenvalue weighted by Crippen LogP contribution is -2.57. The Bertz CT molecular complexity index is 818. The minimum absolute atomic E-state index is 0.0923. The fourth-order valence-corrected chi connectivity index (χ4v) is 3.31. The maximum Gasteiger partial charge on any atom is 0.254 e. The molecule has 5 nitrogen and oxygen atoms in total. The Kier molecular flexibility index (Phi) is 5.26. The van der Waals surface area contributed by atoms with Gasteiger partial charge < -0.3 is 14.5 Å². The predicted octanol–water partition coefficient (Wildman–Crippen LogP) is 3.27. The molecule has 26 heavy (non-hydrogen) atoms. The number of benzene rings is 2. The molecule has 1 aliphatic rings. The molecule has 2 aromatic carbocycles. The maximum absolute atomic E-state index is 13.0. The van der Waals surface area contributed by atoms with E-state index in [1.165, 1.54) is 0 Å². The van der Waals surface area contributed by atoms with Crippen molar-refractivity contribution in [3.63, 3.8) is 0 Å². The molecule has 1 fully saturated rings. The predicted molar refractivity (Wildman–Crippen MR) is 102 cm³/mol. The third-order valence-corrected chi connectivity index (χ3v) is 4.75. The van der Waals surface area contributed by atoms with Gasteiger partial charge in [-0.2, -0.15) is 0 Å². The lowest BCUT2D eigenvalue weighted by molar-refractivity contribution is -0.124. The van der Waals surface area contributed by atoms with Crippen LogP contribution in [0.25, 0.3) is 0 Å².